The van der Waals surface area contributed by atoms with Crippen molar-refractivity contribution in [3.8, 4) is 0 Å². The van der Waals surface area contributed by atoms with Crippen LogP contribution in [0.5, 0.6) is 0 Å². The Morgan fingerprint density at radius 3 is 2.73 bits per heavy atom. The van der Waals surface area contributed by atoms with Crippen molar-refractivity contribution < 1.29 is 13.9 Å². The first-order valence-electron chi connectivity index (χ1n) is 10.9. The van der Waals surface area contributed by atoms with Crippen molar-refractivity contribution in [3.05, 3.63) is 29.6 Å². The number of guanidine groups is 1. The van der Waals surface area contributed by atoms with Gasteiger partial charge in [-0.05, 0) is 31.0 Å². The fraction of sp³-hybridized carbons (Fsp3) is 0.636. The molecule has 7 nitrogen and oxygen atoms in total. The summed E-state index contributed by atoms with van der Waals surface area (Å²) in [6.07, 6.45) is 0.895. The van der Waals surface area contributed by atoms with Gasteiger partial charge >= 0.3 is 0 Å². The molecule has 2 aliphatic rings. The van der Waals surface area contributed by atoms with E-state index in [1.165, 1.54) is 0 Å². The lowest BCUT2D eigenvalue weighted by Gasteiger charge is -2.29. The Morgan fingerprint density at radius 2 is 2.07 bits per heavy atom. The maximum atomic E-state index is 14.6. The highest BCUT2D eigenvalue weighted by Crippen LogP contribution is 2.22. The zero-order valence-corrected chi connectivity index (χ0v) is 18.3. The number of likely N-dealkylation sites (tertiary alicyclic amines) is 1. The van der Waals surface area contributed by atoms with Gasteiger partial charge in [-0.1, -0.05) is 19.9 Å². The van der Waals surface area contributed by atoms with E-state index in [4.69, 9.17) is 4.74 Å². The van der Waals surface area contributed by atoms with Gasteiger partial charge in [-0.3, -0.25) is 4.79 Å². The average Bonchev–Trinajstić information content (AvgIpc) is 3.20. The van der Waals surface area contributed by atoms with Gasteiger partial charge in [0.2, 0.25) is 5.91 Å². The van der Waals surface area contributed by atoms with Crippen LogP contribution < -0.4 is 15.5 Å². The van der Waals surface area contributed by atoms with Crippen molar-refractivity contribution in [1.82, 2.24) is 15.5 Å². The second-order valence-corrected chi connectivity index (χ2v) is 8.15. The van der Waals surface area contributed by atoms with E-state index in [1.54, 1.807) is 6.07 Å². The van der Waals surface area contributed by atoms with E-state index in [0.29, 0.717) is 51.0 Å². The first-order valence-corrected chi connectivity index (χ1v) is 10.9. The summed E-state index contributed by atoms with van der Waals surface area (Å²) in [4.78, 5) is 20.7. The summed E-state index contributed by atoms with van der Waals surface area (Å²) in [6.45, 7) is 11.1. The van der Waals surface area contributed by atoms with Gasteiger partial charge in [-0.15, -0.1) is 0 Å². The van der Waals surface area contributed by atoms with Gasteiger partial charge in [0.05, 0.1) is 25.4 Å². The maximum Gasteiger partial charge on any atom is 0.225 e. The second-order valence-electron chi connectivity index (χ2n) is 8.15. The third-order valence-electron chi connectivity index (χ3n) is 5.46. The summed E-state index contributed by atoms with van der Waals surface area (Å²) in [6, 6.07) is 5.50. The zero-order chi connectivity index (χ0) is 21.5. The molecule has 0 saturated carbocycles. The molecule has 2 N–H and O–H groups in total. The number of ether oxygens (including phenoxy) is 1. The first-order chi connectivity index (χ1) is 14.5. The lowest BCUT2D eigenvalue weighted by atomic mass is 10.1. The number of amides is 1. The van der Waals surface area contributed by atoms with Crippen molar-refractivity contribution in [1.29, 1.82) is 0 Å². The summed E-state index contributed by atoms with van der Waals surface area (Å²) >= 11 is 0. The molecule has 1 aromatic rings. The molecule has 166 valence electrons. The molecule has 0 aliphatic carbocycles. The third kappa shape index (κ3) is 5.84. The van der Waals surface area contributed by atoms with Crippen LogP contribution in [0, 0.1) is 11.7 Å². The van der Waals surface area contributed by atoms with Crippen molar-refractivity contribution in [2.45, 2.75) is 39.8 Å². The summed E-state index contributed by atoms with van der Waals surface area (Å²) in [5, 5.41) is 6.66. The number of hydrogen-bond donors (Lipinski definition) is 2. The maximum absolute atomic E-state index is 14.6. The van der Waals surface area contributed by atoms with E-state index in [1.807, 2.05) is 42.7 Å². The van der Waals surface area contributed by atoms with Gasteiger partial charge in [0.1, 0.15) is 5.82 Å². The Hall–Kier alpha value is -2.35. The quantitative estimate of drug-likeness (QED) is 0.545. The number of carbonyl (C=O) groups excluding carboxylic acids is 1. The van der Waals surface area contributed by atoms with E-state index < -0.39 is 0 Å². The van der Waals surface area contributed by atoms with Crippen molar-refractivity contribution >= 4 is 17.6 Å². The minimum atomic E-state index is -0.221. The molecule has 1 aromatic carbocycles. The third-order valence-corrected chi connectivity index (χ3v) is 5.46. The highest BCUT2D eigenvalue weighted by Gasteiger charge is 2.28. The molecular formula is C22H34FN5O2. The smallest absolute Gasteiger partial charge is 0.225 e. The molecule has 1 amide bonds. The molecule has 1 atom stereocenters. The predicted molar refractivity (Wildman–Crippen MR) is 117 cm³/mol. The van der Waals surface area contributed by atoms with Gasteiger partial charge in [-0.25, -0.2) is 9.38 Å². The molecule has 2 heterocycles. The number of aliphatic imine (C=N–C) groups is 1. The van der Waals surface area contributed by atoms with E-state index in [-0.39, 0.29) is 23.7 Å². The van der Waals surface area contributed by atoms with Crippen LogP contribution in [-0.2, 0) is 16.1 Å². The van der Waals surface area contributed by atoms with E-state index in [2.05, 4.69) is 15.6 Å². The molecule has 0 bridgehead atoms. The van der Waals surface area contributed by atoms with Crippen LogP contribution in [0.2, 0.25) is 0 Å². The molecule has 3 rings (SSSR count). The van der Waals surface area contributed by atoms with Crippen LogP contribution >= 0.6 is 0 Å². The SMILES string of the molecule is CCNC(=NCc1ccc(N2CCOCC2)c(F)c1)NC1CCN(C(=O)C(C)C)C1. The minimum Gasteiger partial charge on any atom is -0.378 e. The number of nitrogens with one attached hydrogen (secondary N) is 2. The van der Waals surface area contributed by atoms with Crippen LogP contribution in [0.15, 0.2) is 23.2 Å². The van der Waals surface area contributed by atoms with Crippen molar-refractivity contribution in [2.24, 2.45) is 10.9 Å². The van der Waals surface area contributed by atoms with Crippen LogP contribution in [0.3, 0.4) is 0 Å². The fourth-order valence-electron chi connectivity index (χ4n) is 3.84. The standard InChI is InChI=1S/C22H34FN5O2/c1-4-24-22(26-18-7-8-28(15-18)21(29)16(2)3)25-14-17-5-6-20(19(23)13-17)27-9-11-30-12-10-27/h5-6,13,16,18H,4,7-12,14-15H2,1-3H3,(H2,24,25,26). The molecular weight excluding hydrogens is 385 g/mol. The van der Waals surface area contributed by atoms with E-state index in [0.717, 1.165) is 25.1 Å². The Morgan fingerprint density at radius 1 is 1.30 bits per heavy atom. The van der Waals surface area contributed by atoms with Gasteiger partial charge < -0.3 is 25.2 Å². The summed E-state index contributed by atoms with van der Waals surface area (Å²) in [5.41, 5.74) is 1.45. The number of halogens is 1. The molecule has 1 unspecified atom stereocenters. The van der Waals surface area contributed by atoms with Gasteiger partial charge in [0.15, 0.2) is 5.96 Å². The predicted octanol–water partition coefficient (Wildman–Crippen LogP) is 1.97. The highest BCUT2D eigenvalue weighted by molar-refractivity contribution is 5.81. The van der Waals surface area contributed by atoms with Crippen LogP contribution in [0.25, 0.3) is 0 Å². The molecule has 30 heavy (non-hydrogen) atoms. The molecule has 2 aliphatic heterocycles. The van der Waals surface area contributed by atoms with Crippen LogP contribution in [-0.4, -0.2) is 68.7 Å². The normalized spacial score (nSPS) is 20.0. The number of anilines is 1. The summed E-state index contributed by atoms with van der Waals surface area (Å²) < 4.78 is 20.0. The summed E-state index contributed by atoms with van der Waals surface area (Å²) in [7, 11) is 0. The van der Waals surface area contributed by atoms with Gasteiger partial charge in [0.25, 0.3) is 0 Å². The Bertz CT molecular complexity index is 749. The van der Waals surface area contributed by atoms with Crippen molar-refractivity contribution in [3.63, 3.8) is 0 Å². The molecule has 0 aromatic heterocycles. The monoisotopic (exact) mass is 419 g/mol. The van der Waals surface area contributed by atoms with Crippen LogP contribution in [0.1, 0.15) is 32.8 Å². The largest absolute Gasteiger partial charge is 0.378 e. The Kier molecular flexibility index (Phi) is 7.90. The van der Waals surface area contributed by atoms with E-state index >= 15 is 0 Å². The lowest BCUT2D eigenvalue weighted by Crippen LogP contribution is -2.45. The molecule has 2 fully saturated rings. The number of rotatable bonds is 6. The number of carbonyl (C=O) groups is 1. The average molecular weight is 420 g/mol. The molecule has 0 spiro atoms. The minimum absolute atomic E-state index is 0.0148. The molecule has 2 saturated heterocycles. The second kappa shape index (κ2) is 10.6. The number of benzene rings is 1. The van der Waals surface area contributed by atoms with Crippen molar-refractivity contribution in [2.75, 3.05) is 50.8 Å². The zero-order valence-electron chi connectivity index (χ0n) is 18.3. The topological polar surface area (TPSA) is 69.2 Å². The van der Waals surface area contributed by atoms with Gasteiger partial charge in [-0.2, -0.15) is 0 Å². The summed E-state index contributed by atoms with van der Waals surface area (Å²) in [5.74, 6) is 0.679. The van der Waals surface area contributed by atoms with Gasteiger partial charge in [0, 0.05) is 44.7 Å². The van der Waals surface area contributed by atoms with E-state index in [9.17, 15) is 9.18 Å². The Balaban J connectivity index is 1.59. The molecule has 0 radical (unpaired) electrons. The first kappa shape index (κ1) is 22.3. The molecule has 8 heteroatoms. The number of nitrogens with zero attached hydrogens (tertiary/aromatic N) is 3. The fourth-order valence-corrected chi connectivity index (χ4v) is 3.84. The number of hydrogen-bond acceptors (Lipinski definition) is 4. The number of morpholine rings is 1. The van der Waals surface area contributed by atoms with Crippen LogP contribution in [0.4, 0.5) is 10.1 Å². The highest BCUT2D eigenvalue weighted by atomic mass is 19.1. The Labute approximate surface area is 178 Å². The lowest BCUT2D eigenvalue weighted by molar-refractivity contribution is -0.133.